The fourth-order valence-electron chi connectivity index (χ4n) is 2.20. The Hall–Kier alpha value is -3.18. The minimum absolute atomic E-state index is 0.0385. The Kier molecular flexibility index (Phi) is 7.13. The molecule has 3 N–H and O–H groups in total. The number of hydrazine groups is 1. The predicted octanol–water partition coefficient (Wildman–Crippen LogP) is 0.174. The zero-order chi connectivity index (χ0) is 21.6. The molecule has 2 aromatic rings. The molecule has 1 atom stereocenters. The molecule has 2 rings (SSSR count). The smallest absolute Gasteiger partial charge is 0.287 e. The van der Waals surface area contributed by atoms with E-state index in [-0.39, 0.29) is 10.7 Å². The Bertz CT molecular complexity index is 970. The second-order valence-corrected chi connectivity index (χ2v) is 8.33. The van der Waals surface area contributed by atoms with Crippen molar-refractivity contribution in [3.8, 4) is 0 Å². The molecule has 1 heterocycles. The van der Waals surface area contributed by atoms with Crippen LogP contribution in [0.5, 0.6) is 0 Å². The lowest BCUT2D eigenvalue weighted by atomic mass is 10.2. The molecule has 0 saturated heterocycles. The van der Waals surface area contributed by atoms with E-state index in [4.69, 9.17) is 4.42 Å². The molecule has 156 valence electrons. The molecule has 1 unspecified atom stereocenters. The van der Waals surface area contributed by atoms with E-state index in [1.54, 1.807) is 12.1 Å². The standard InChI is InChI=1S/C18H22N4O6S/c1-12-6-8-14(9-7-12)29(26,27)22(3)11-16(23)20-21-17(24)13(2)19-18(25)15-5-4-10-28-15/h4-10,13H,11H2,1-3H3,(H,19,25)(H,20,23)(H,21,24). The molecule has 11 heteroatoms. The van der Waals surface area contributed by atoms with Crippen molar-refractivity contribution in [3.63, 3.8) is 0 Å². The van der Waals surface area contributed by atoms with E-state index in [1.807, 2.05) is 6.92 Å². The summed E-state index contributed by atoms with van der Waals surface area (Å²) in [4.78, 5) is 35.9. The third kappa shape index (κ3) is 5.90. The Morgan fingerprint density at radius 3 is 2.34 bits per heavy atom. The summed E-state index contributed by atoms with van der Waals surface area (Å²) in [5.41, 5.74) is 5.15. The van der Waals surface area contributed by atoms with Gasteiger partial charge in [-0.15, -0.1) is 0 Å². The fourth-order valence-corrected chi connectivity index (χ4v) is 3.32. The number of benzene rings is 1. The topological polar surface area (TPSA) is 138 Å². The van der Waals surface area contributed by atoms with Crippen LogP contribution in [-0.4, -0.2) is 50.1 Å². The van der Waals surface area contributed by atoms with Gasteiger partial charge in [0.05, 0.1) is 17.7 Å². The zero-order valence-electron chi connectivity index (χ0n) is 16.1. The van der Waals surface area contributed by atoms with Gasteiger partial charge in [-0.2, -0.15) is 4.31 Å². The highest BCUT2D eigenvalue weighted by molar-refractivity contribution is 7.89. The number of likely N-dealkylation sites (N-methyl/N-ethyl adjacent to an activating group) is 1. The molecule has 1 aromatic carbocycles. The number of sulfonamides is 1. The first-order chi connectivity index (χ1) is 13.6. The van der Waals surface area contributed by atoms with Crippen LogP contribution in [0.15, 0.2) is 52.0 Å². The number of hydrogen-bond donors (Lipinski definition) is 3. The molecule has 29 heavy (non-hydrogen) atoms. The summed E-state index contributed by atoms with van der Waals surface area (Å²) in [6.45, 7) is 2.73. The third-order valence-electron chi connectivity index (χ3n) is 3.91. The van der Waals surface area contributed by atoms with Crippen molar-refractivity contribution >= 4 is 27.7 Å². The van der Waals surface area contributed by atoms with Crippen LogP contribution < -0.4 is 16.2 Å². The van der Waals surface area contributed by atoms with Gasteiger partial charge in [0.2, 0.25) is 10.0 Å². The summed E-state index contributed by atoms with van der Waals surface area (Å²) in [5.74, 6) is -1.99. The number of aryl methyl sites for hydroxylation is 1. The number of carbonyl (C=O) groups excluding carboxylic acids is 3. The van der Waals surface area contributed by atoms with Gasteiger partial charge >= 0.3 is 0 Å². The van der Waals surface area contributed by atoms with Crippen molar-refractivity contribution in [2.24, 2.45) is 0 Å². The van der Waals surface area contributed by atoms with Gasteiger partial charge in [0.1, 0.15) is 6.04 Å². The first-order valence-corrected chi connectivity index (χ1v) is 10.0. The quantitative estimate of drug-likeness (QED) is 0.544. The van der Waals surface area contributed by atoms with Crippen LogP contribution in [0.2, 0.25) is 0 Å². The number of amides is 3. The van der Waals surface area contributed by atoms with Crippen molar-refractivity contribution in [3.05, 3.63) is 54.0 Å². The summed E-state index contributed by atoms with van der Waals surface area (Å²) < 4.78 is 30.7. The maximum absolute atomic E-state index is 12.5. The molecule has 10 nitrogen and oxygen atoms in total. The Labute approximate surface area is 168 Å². The first kappa shape index (κ1) is 22.1. The van der Waals surface area contributed by atoms with E-state index < -0.39 is 40.3 Å². The van der Waals surface area contributed by atoms with E-state index in [2.05, 4.69) is 16.2 Å². The molecule has 0 fully saturated rings. The van der Waals surface area contributed by atoms with Crippen molar-refractivity contribution in [2.75, 3.05) is 13.6 Å². The largest absolute Gasteiger partial charge is 0.459 e. The molecule has 3 amide bonds. The molecular formula is C18H22N4O6S. The molecule has 0 radical (unpaired) electrons. The molecule has 0 aliphatic carbocycles. The zero-order valence-corrected chi connectivity index (χ0v) is 16.9. The first-order valence-electron chi connectivity index (χ1n) is 8.57. The monoisotopic (exact) mass is 422 g/mol. The van der Waals surface area contributed by atoms with Crippen molar-refractivity contribution in [2.45, 2.75) is 24.8 Å². The van der Waals surface area contributed by atoms with Crippen molar-refractivity contribution in [1.29, 1.82) is 0 Å². The van der Waals surface area contributed by atoms with Crippen molar-refractivity contribution in [1.82, 2.24) is 20.5 Å². The van der Waals surface area contributed by atoms with Gasteiger partial charge in [-0.05, 0) is 38.1 Å². The number of carbonyl (C=O) groups is 3. The maximum Gasteiger partial charge on any atom is 0.287 e. The molecular weight excluding hydrogens is 400 g/mol. The minimum atomic E-state index is -3.85. The van der Waals surface area contributed by atoms with Gasteiger partial charge in [-0.3, -0.25) is 25.2 Å². The van der Waals surface area contributed by atoms with Gasteiger partial charge < -0.3 is 9.73 Å². The van der Waals surface area contributed by atoms with Gasteiger partial charge in [0.15, 0.2) is 5.76 Å². The van der Waals surface area contributed by atoms with E-state index in [9.17, 15) is 22.8 Å². The SMILES string of the molecule is Cc1ccc(S(=O)(=O)N(C)CC(=O)NNC(=O)C(C)NC(=O)c2ccco2)cc1. The van der Waals surface area contributed by atoms with Crippen LogP contribution in [0.25, 0.3) is 0 Å². The number of furan rings is 1. The number of nitrogens with zero attached hydrogens (tertiary/aromatic N) is 1. The summed E-state index contributed by atoms with van der Waals surface area (Å²) in [6.07, 6.45) is 1.32. The maximum atomic E-state index is 12.5. The Balaban J connectivity index is 1.84. The lowest BCUT2D eigenvalue weighted by Gasteiger charge is -2.18. The highest BCUT2D eigenvalue weighted by Crippen LogP contribution is 2.14. The summed E-state index contributed by atoms with van der Waals surface area (Å²) in [5, 5.41) is 2.39. The minimum Gasteiger partial charge on any atom is -0.459 e. The highest BCUT2D eigenvalue weighted by Gasteiger charge is 2.23. The van der Waals surface area contributed by atoms with Crippen LogP contribution in [0.1, 0.15) is 23.0 Å². The Morgan fingerprint density at radius 1 is 1.10 bits per heavy atom. The summed E-state index contributed by atoms with van der Waals surface area (Å²) in [7, 11) is -2.60. The van der Waals surface area contributed by atoms with Gasteiger partial charge in [-0.25, -0.2) is 8.42 Å². The normalized spacial score (nSPS) is 12.3. The Morgan fingerprint density at radius 2 is 1.76 bits per heavy atom. The number of hydrogen-bond acceptors (Lipinski definition) is 6. The molecule has 0 aliphatic heterocycles. The predicted molar refractivity (Wildman–Crippen MR) is 103 cm³/mol. The molecule has 0 bridgehead atoms. The lowest BCUT2D eigenvalue weighted by molar-refractivity contribution is -0.129. The van der Waals surface area contributed by atoms with Crippen molar-refractivity contribution < 1.29 is 27.2 Å². The van der Waals surface area contributed by atoms with Gasteiger partial charge in [0, 0.05) is 7.05 Å². The van der Waals surface area contributed by atoms with Crippen LogP contribution in [0, 0.1) is 6.92 Å². The molecule has 0 aliphatic rings. The van der Waals surface area contributed by atoms with E-state index in [0.717, 1.165) is 9.87 Å². The van der Waals surface area contributed by atoms with Crippen LogP contribution >= 0.6 is 0 Å². The highest BCUT2D eigenvalue weighted by atomic mass is 32.2. The van der Waals surface area contributed by atoms with Crippen LogP contribution in [0.4, 0.5) is 0 Å². The summed E-state index contributed by atoms with van der Waals surface area (Å²) in [6, 6.07) is 8.20. The van der Waals surface area contributed by atoms with Crippen LogP contribution in [-0.2, 0) is 19.6 Å². The van der Waals surface area contributed by atoms with E-state index in [1.165, 1.54) is 44.5 Å². The molecule has 0 spiro atoms. The lowest BCUT2D eigenvalue weighted by Crippen LogP contribution is -2.52. The summed E-state index contributed by atoms with van der Waals surface area (Å²) >= 11 is 0. The number of nitrogens with one attached hydrogen (secondary N) is 3. The molecule has 1 aromatic heterocycles. The second kappa shape index (κ2) is 9.34. The fraction of sp³-hybridized carbons (Fsp3) is 0.278. The van der Waals surface area contributed by atoms with Crippen LogP contribution in [0.3, 0.4) is 0 Å². The average Bonchev–Trinajstić information content (AvgIpc) is 3.21. The third-order valence-corrected chi connectivity index (χ3v) is 5.72. The average molecular weight is 422 g/mol. The second-order valence-electron chi connectivity index (χ2n) is 6.28. The number of rotatable bonds is 7. The van der Waals surface area contributed by atoms with E-state index in [0.29, 0.717) is 0 Å². The van der Waals surface area contributed by atoms with Gasteiger partial charge in [-0.1, -0.05) is 17.7 Å². The molecule has 0 saturated carbocycles. The van der Waals surface area contributed by atoms with E-state index >= 15 is 0 Å². The van der Waals surface area contributed by atoms with Gasteiger partial charge in [0.25, 0.3) is 17.7 Å².